The van der Waals surface area contributed by atoms with Gasteiger partial charge >= 0.3 is 0 Å². The Labute approximate surface area is 130 Å². The maximum atomic E-state index is 2.43. The third-order valence-electron chi connectivity index (χ3n) is 3.48. The van der Waals surface area contributed by atoms with Gasteiger partial charge < -0.3 is 0 Å². The van der Waals surface area contributed by atoms with Crippen LogP contribution in [0, 0.1) is 3.57 Å². The minimum absolute atomic E-state index is 1.20. The molecular formula is C18H21I. The Morgan fingerprint density at radius 3 is 2.21 bits per heavy atom. The van der Waals surface area contributed by atoms with Crippen molar-refractivity contribution in [2.45, 2.75) is 39.0 Å². The molecule has 2 rings (SSSR count). The smallest absolute Gasteiger partial charge is 0.0208 e. The Balaban J connectivity index is 2.19. The van der Waals surface area contributed by atoms with Gasteiger partial charge in [0.15, 0.2) is 0 Å². The Morgan fingerprint density at radius 2 is 1.47 bits per heavy atom. The van der Waals surface area contributed by atoms with Crippen molar-refractivity contribution in [1.82, 2.24) is 0 Å². The van der Waals surface area contributed by atoms with Crippen molar-refractivity contribution in [3.8, 4) is 11.1 Å². The number of rotatable bonds is 6. The molecule has 0 radical (unpaired) electrons. The Bertz CT molecular complexity index is 517. The van der Waals surface area contributed by atoms with E-state index in [4.69, 9.17) is 0 Å². The van der Waals surface area contributed by atoms with Crippen LogP contribution >= 0.6 is 22.6 Å². The second kappa shape index (κ2) is 7.68. The van der Waals surface area contributed by atoms with Gasteiger partial charge in [0.05, 0.1) is 0 Å². The lowest BCUT2D eigenvalue weighted by molar-refractivity contribution is 0.667. The van der Waals surface area contributed by atoms with Crippen LogP contribution in [0.4, 0.5) is 0 Å². The van der Waals surface area contributed by atoms with Gasteiger partial charge in [-0.2, -0.15) is 0 Å². The Hall–Kier alpha value is -0.830. The number of hydrogen-bond donors (Lipinski definition) is 0. The van der Waals surface area contributed by atoms with E-state index in [1.54, 1.807) is 0 Å². The molecular weight excluding hydrogens is 343 g/mol. The largest absolute Gasteiger partial charge is 0.0654 e. The standard InChI is InChI=1S/C18H21I/c1-2-3-4-5-10-15-11-6-7-12-16(15)17-13-8-9-14-18(17)19/h6-9,11-14H,2-5,10H2,1H3. The van der Waals surface area contributed by atoms with Crippen LogP contribution in [-0.4, -0.2) is 0 Å². The molecule has 0 atom stereocenters. The molecule has 0 spiro atoms. The second-order valence-electron chi connectivity index (χ2n) is 4.95. The van der Waals surface area contributed by atoms with Gasteiger partial charge in [-0.15, -0.1) is 0 Å². The van der Waals surface area contributed by atoms with Crippen LogP contribution < -0.4 is 0 Å². The summed E-state index contributed by atoms with van der Waals surface area (Å²) in [6.45, 7) is 2.26. The molecule has 2 aromatic carbocycles. The predicted octanol–water partition coefficient (Wildman–Crippen LogP) is 6.08. The number of halogens is 1. The lowest BCUT2D eigenvalue weighted by atomic mass is 9.96. The lowest BCUT2D eigenvalue weighted by Crippen LogP contribution is -1.92. The molecule has 0 saturated carbocycles. The first-order chi connectivity index (χ1) is 9.33. The van der Waals surface area contributed by atoms with Gasteiger partial charge in [-0.1, -0.05) is 68.7 Å². The third-order valence-corrected chi connectivity index (χ3v) is 4.42. The Morgan fingerprint density at radius 1 is 0.789 bits per heavy atom. The van der Waals surface area contributed by atoms with Crippen molar-refractivity contribution < 1.29 is 0 Å². The van der Waals surface area contributed by atoms with Gasteiger partial charge in [-0.3, -0.25) is 0 Å². The van der Waals surface area contributed by atoms with Crippen LogP contribution in [0.25, 0.3) is 11.1 Å². The lowest BCUT2D eigenvalue weighted by Gasteiger charge is -2.11. The van der Waals surface area contributed by atoms with E-state index >= 15 is 0 Å². The highest BCUT2D eigenvalue weighted by Gasteiger charge is 2.06. The van der Waals surface area contributed by atoms with E-state index in [0.29, 0.717) is 0 Å². The van der Waals surface area contributed by atoms with Gasteiger partial charge in [0.1, 0.15) is 0 Å². The number of aryl methyl sites for hydroxylation is 1. The summed E-state index contributed by atoms with van der Waals surface area (Å²) in [6, 6.07) is 17.5. The van der Waals surface area contributed by atoms with Gasteiger partial charge in [-0.05, 0) is 58.2 Å². The predicted molar refractivity (Wildman–Crippen MR) is 92.4 cm³/mol. The van der Waals surface area contributed by atoms with E-state index in [9.17, 15) is 0 Å². The summed E-state index contributed by atoms with van der Waals surface area (Å²) in [7, 11) is 0. The first kappa shape index (κ1) is 14.6. The summed E-state index contributed by atoms with van der Waals surface area (Å²) in [5.41, 5.74) is 4.26. The summed E-state index contributed by atoms with van der Waals surface area (Å²) < 4.78 is 1.33. The Kier molecular flexibility index (Phi) is 5.90. The van der Waals surface area contributed by atoms with E-state index in [-0.39, 0.29) is 0 Å². The van der Waals surface area contributed by atoms with Gasteiger partial charge in [0.25, 0.3) is 0 Å². The molecule has 2 aromatic rings. The molecule has 0 fully saturated rings. The number of hydrogen-bond acceptors (Lipinski definition) is 0. The molecule has 0 saturated heterocycles. The first-order valence-corrected chi connectivity index (χ1v) is 8.23. The molecule has 0 aliphatic rings. The van der Waals surface area contributed by atoms with Crippen molar-refractivity contribution >= 4 is 22.6 Å². The van der Waals surface area contributed by atoms with Crippen molar-refractivity contribution in [3.63, 3.8) is 0 Å². The zero-order chi connectivity index (χ0) is 13.5. The zero-order valence-electron chi connectivity index (χ0n) is 11.5. The van der Waals surface area contributed by atoms with Crippen LogP contribution in [0.15, 0.2) is 48.5 Å². The fraction of sp³-hybridized carbons (Fsp3) is 0.333. The van der Waals surface area contributed by atoms with Crippen molar-refractivity contribution in [2.75, 3.05) is 0 Å². The van der Waals surface area contributed by atoms with Crippen LogP contribution in [0.1, 0.15) is 38.2 Å². The molecule has 0 aromatic heterocycles. The average molecular weight is 364 g/mol. The molecule has 0 aliphatic carbocycles. The highest BCUT2D eigenvalue weighted by molar-refractivity contribution is 14.1. The summed E-state index contributed by atoms with van der Waals surface area (Å²) in [5.74, 6) is 0. The van der Waals surface area contributed by atoms with E-state index in [1.807, 2.05) is 0 Å². The zero-order valence-corrected chi connectivity index (χ0v) is 13.7. The molecule has 1 heteroatoms. The maximum Gasteiger partial charge on any atom is 0.0208 e. The second-order valence-corrected chi connectivity index (χ2v) is 6.11. The minimum atomic E-state index is 1.20. The van der Waals surface area contributed by atoms with Crippen LogP contribution in [0.5, 0.6) is 0 Å². The van der Waals surface area contributed by atoms with Crippen LogP contribution in [-0.2, 0) is 6.42 Å². The van der Waals surface area contributed by atoms with Gasteiger partial charge in [0.2, 0.25) is 0 Å². The van der Waals surface area contributed by atoms with Crippen LogP contribution in [0.3, 0.4) is 0 Å². The molecule has 0 aliphatic heterocycles. The third kappa shape index (κ3) is 4.07. The highest BCUT2D eigenvalue weighted by atomic mass is 127. The summed E-state index contributed by atoms with van der Waals surface area (Å²) >= 11 is 2.43. The van der Waals surface area contributed by atoms with Crippen molar-refractivity contribution in [3.05, 3.63) is 57.7 Å². The van der Waals surface area contributed by atoms with Crippen molar-refractivity contribution in [2.24, 2.45) is 0 Å². The summed E-state index contributed by atoms with van der Waals surface area (Å²) in [5, 5.41) is 0. The molecule has 0 nitrogen and oxygen atoms in total. The van der Waals surface area contributed by atoms with E-state index in [1.165, 1.54) is 52.4 Å². The molecule has 19 heavy (non-hydrogen) atoms. The topological polar surface area (TPSA) is 0 Å². The fourth-order valence-electron chi connectivity index (χ4n) is 2.42. The van der Waals surface area contributed by atoms with Gasteiger partial charge in [0, 0.05) is 3.57 Å². The molecule has 0 bridgehead atoms. The quantitative estimate of drug-likeness (QED) is 0.430. The number of unbranched alkanes of at least 4 members (excludes halogenated alkanes) is 3. The molecule has 0 heterocycles. The summed E-state index contributed by atoms with van der Waals surface area (Å²) in [6.07, 6.45) is 6.50. The SMILES string of the molecule is CCCCCCc1ccccc1-c1ccccc1I. The normalized spacial score (nSPS) is 10.6. The number of benzene rings is 2. The fourth-order valence-corrected chi connectivity index (χ4v) is 3.10. The monoisotopic (exact) mass is 364 g/mol. The average Bonchev–Trinajstić information content (AvgIpc) is 2.45. The van der Waals surface area contributed by atoms with Gasteiger partial charge in [-0.25, -0.2) is 0 Å². The molecule has 0 unspecified atom stereocenters. The molecule has 0 N–H and O–H groups in total. The summed E-state index contributed by atoms with van der Waals surface area (Å²) in [4.78, 5) is 0. The maximum absolute atomic E-state index is 2.43. The van der Waals surface area contributed by atoms with E-state index in [0.717, 1.165) is 0 Å². The molecule has 0 amide bonds. The van der Waals surface area contributed by atoms with Crippen molar-refractivity contribution in [1.29, 1.82) is 0 Å². The van der Waals surface area contributed by atoms with E-state index in [2.05, 4.69) is 78.0 Å². The molecule has 100 valence electrons. The van der Waals surface area contributed by atoms with E-state index < -0.39 is 0 Å². The highest BCUT2D eigenvalue weighted by Crippen LogP contribution is 2.29. The first-order valence-electron chi connectivity index (χ1n) is 7.15. The van der Waals surface area contributed by atoms with Crippen LogP contribution in [0.2, 0.25) is 0 Å². The minimum Gasteiger partial charge on any atom is -0.0654 e.